The van der Waals surface area contributed by atoms with E-state index in [1.807, 2.05) is 4.68 Å². The molecule has 0 saturated carbocycles. The van der Waals surface area contributed by atoms with Gasteiger partial charge in [0.25, 0.3) is 0 Å². The van der Waals surface area contributed by atoms with E-state index in [9.17, 15) is 0 Å². The van der Waals surface area contributed by atoms with Gasteiger partial charge in [0, 0.05) is 15.7 Å². The highest BCUT2D eigenvalue weighted by atomic mass is 79.9. The number of rotatable bonds is 1. The molecule has 0 saturated heterocycles. The van der Waals surface area contributed by atoms with Gasteiger partial charge in [-0.2, -0.15) is 5.10 Å². The predicted molar refractivity (Wildman–Crippen MR) is 89.8 cm³/mol. The van der Waals surface area contributed by atoms with Crippen molar-refractivity contribution in [1.29, 1.82) is 0 Å². The highest BCUT2D eigenvalue weighted by Crippen LogP contribution is 2.29. The molecule has 1 aliphatic rings. The summed E-state index contributed by atoms with van der Waals surface area (Å²) in [5, 5.41) is 7.01. The first kappa shape index (κ1) is 12.9. The van der Waals surface area contributed by atoms with Crippen LogP contribution in [0, 0.1) is 0 Å². The molecule has 0 bridgehead atoms. The average molecular weight is 342 g/mol. The van der Waals surface area contributed by atoms with Crippen LogP contribution in [0.15, 0.2) is 40.9 Å². The molecule has 0 fully saturated rings. The third-order valence-corrected chi connectivity index (χ3v) is 4.73. The van der Waals surface area contributed by atoms with Crippen LogP contribution in [0.1, 0.15) is 24.1 Å². The molecule has 0 amide bonds. The number of nitrogens with zero attached hydrogens (tertiary/aromatic N) is 2. The smallest absolute Gasteiger partial charge is 0.149 e. The molecule has 2 aromatic carbocycles. The summed E-state index contributed by atoms with van der Waals surface area (Å²) in [7, 11) is 0. The number of anilines is 1. The maximum atomic E-state index is 6.09. The van der Waals surface area contributed by atoms with Crippen molar-refractivity contribution in [3.8, 4) is 5.69 Å². The Morgan fingerprint density at radius 2 is 1.76 bits per heavy atom. The first-order valence-electron chi connectivity index (χ1n) is 7.28. The van der Waals surface area contributed by atoms with Crippen LogP contribution in [-0.2, 0) is 12.8 Å². The Morgan fingerprint density at radius 3 is 2.67 bits per heavy atom. The second-order valence-electron chi connectivity index (χ2n) is 5.61. The molecule has 2 N–H and O–H groups in total. The van der Waals surface area contributed by atoms with Gasteiger partial charge in [0.2, 0.25) is 0 Å². The molecule has 21 heavy (non-hydrogen) atoms. The van der Waals surface area contributed by atoms with Gasteiger partial charge >= 0.3 is 0 Å². The fourth-order valence-corrected chi connectivity index (χ4v) is 3.56. The SMILES string of the molecule is Nc1nn(-c2ccc3cc(Br)ccc3c2)c2c1CCCC2. The Balaban J connectivity index is 1.88. The minimum absolute atomic E-state index is 0.695. The molecule has 3 nitrogen and oxygen atoms in total. The van der Waals surface area contributed by atoms with Crippen LogP contribution in [0.5, 0.6) is 0 Å². The van der Waals surface area contributed by atoms with Crippen molar-refractivity contribution in [2.75, 3.05) is 5.73 Å². The van der Waals surface area contributed by atoms with E-state index in [4.69, 9.17) is 5.73 Å². The molecule has 1 aliphatic carbocycles. The van der Waals surface area contributed by atoms with Gasteiger partial charge < -0.3 is 5.73 Å². The molecule has 4 rings (SSSR count). The lowest BCUT2D eigenvalue weighted by molar-refractivity contribution is 0.653. The van der Waals surface area contributed by atoms with Gasteiger partial charge in [-0.15, -0.1) is 0 Å². The standard InChI is InChI=1S/C17H16BrN3/c18-13-7-5-12-10-14(8-6-11(12)9-13)21-16-4-2-1-3-15(16)17(19)20-21/h5-10H,1-4H2,(H2,19,20). The normalized spacial score (nSPS) is 14.3. The summed E-state index contributed by atoms with van der Waals surface area (Å²) in [6.45, 7) is 0. The van der Waals surface area contributed by atoms with Crippen molar-refractivity contribution in [1.82, 2.24) is 9.78 Å². The van der Waals surface area contributed by atoms with E-state index < -0.39 is 0 Å². The summed E-state index contributed by atoms with van der Waals surface area (Å²) in [6, 6.07) is 12.8. The molecule has 0 aliphatic heterocycles. The van der Waals surface area contributed by atoms with Crippen molar-refractivity contribution in [2.24, 2.45) is 0 Å². The average Bonchev–Trinajstić information content (AvgIpc) is 2.84. The van der Waals surface area contributed by atoms with E-state index in [0.29, 0.717) is 5.82 Å². The molecule has 3 aromatic rings. The number of nitrogen functional groups attached to an aromatic ring is 1. The number of benzene rings is 2. The molecule has 0 radical (unpaired) electrons. The zero-order chi connectivity index (χ0) is 14.4. The van der Waals surface area contributed by atoms with Crippen molar-refractivity contribution in [3.05, 3.63) is 52.1 Å². The fraction of sp³-hybridized carbons (Fsp3) is 0.235. The largest absolute Gasteiger partial charge is 0.382 e. The summed E-state index contributed by atoms with van der Waals surface area (Å²) in [5.74, 6) is 0.695. The van der Waals surface area contributed by atoms with Gasteiger partial charge in [-0.05, 0) is 60.7 Å². The minimum atomic E-state index is 0.695. The van der Waals surface area contributed by atoms with Crippen LogP contribution < -0.4 is 5.73 Å². The molecule has 0 atom stereocenters. The zero-order valence-electron chi connectivity index (χ0n) is 11.6. The third kappa shape index (κ3) is 2.14. The molecular formula is C17H16BrN3. The maximum absolute atomic E-state index is 6.09. The van der Waals surface area contributed by atoms with Crippen LogP contribution in [0.2, 0.25) is 0 Å². The second-order valence-corrected chi connectivity index (χ2v) is 6.52. The van der Waals surface area contributed by atoms with Gasteiger partial charge in [0.1, 0.15) is 5.82 Å². The topological polar surface area (TPSA) is 43.8 Å². The van der Waals surface area contributed by atoms with E-state index >= 15 is 0 Å². The fourth-order valence-electron chi connectivity index (χ4n) is 3.18. The summed E-state index contributed by atoms with van der Waals surface area (Å²) >= 11 is 3.51. The van der Waals surface area contributed by atoms with Crippen LogP contribution in [-0.4, -0.2) is 9.78 Å². The molecule has 0 spiro atoms. The minimum Gasteiger partial charge on any atom is -0.382 e. The molecule has 4 heteroatoms. The number of hydrogen-bond donors (Lipinski definition) is 1. The van der Waals surface area contributed by atoms with E-state index in [2.05, 4.69) is 57.4 Å². The third-order valence-electron chi connectivity index (χ3n) is 4.24. The number of halogens is 1. The van der Waals surface area contributed by atoms with Crippen LogP contribution in [0.3, 0.4) is 0 Å². The van der Waals surface area contributed by atoms with Crippen molar-refractivity contribution >= 4 is 32.5 Å². The summed E-state index contributed by atoms with van der Waals surface area (Å²) < 4.78 is 3.13. The predicted octanol–water partition coefficient (Wildman–Crippen LogP) is 4.25. The van der Waals surface area contributed by atoms with Crippen LogP contribution >= 0.6 is 15.9 Å². The van der Waals surface area contributed by atoms with E-state index in [-0.39, 0.29) is 0 Å². The number of aromatic nitrogens is 2. The Bertz CT molecular complexity index is 835. The number of fused-ring (bicyclic) bond motifs is 2. The summed E-state index contributed by atoms with van der Waals surface area (Å²) in [6.07, 6.45) is 4.56. The van der Waals surface area contributed by atoms with Gasteiger partial charge in [0.15, 0.2) is 0 Å². The van der Waals surface area contributed by atoms with Crippen molar-refractivity contribution < 1.29 is 0 Å². The van der Waals surface area contributed by atoms with E-state index in [0.717, 1.165) is 23.0 Å². The Morgan fingerprint density at radius 1 is 1.00 bits per heavy atom. The summed E-state index contributed by atoms with van der Waals surface area (Å²) in [5.41, 5.74) is 9.73. The lowest BCUT2D eigenvalue weighted by Crippen LogP contribution is -2.07. The monoisotopic (exact) mass is 341 g/mol. The lowest BCUT2D eigenvalue weighted by Gasteiger charge is -2.14. The Labute approximate surface area is 131 Å². The van der Waals surface area contributed by atoms with Gasteiger partial charge in [-0.3, -0.25) is 0 Å². The highest BCUT2D eigenvalue weighted by Gasteiger charge is 2.20. The first-order chi connectivity index (χ1) is 10.2. The van der Waals surface area contributed by atoms with E-state index in [1.54, 1.807) is 0 Å². The zero-order valence-corrected chi connectivity index (χ0v) is 13.2. The van der Waals surface area contributed by atoms with Gasteiger partial charge in [-0.25, -0.2) is 4.68 Å². The van der Waals surface area contributed by atoms with Gasteiger partial charge in [-0.1, -0.05) is 28.1 Å². The number of hydrogen-bond acceptors (Lipinski definition) is 2. The van der Waals surface area contributed by atoms with Gasteiger partial charge in [0.05, 0.1) is 5.69 Å². The second kappa shape index (κ2) is 4.88. The molecular weight excluding hydrogens is 326 g/mol. The van der Waals surface area contributed by atoms with Crippen LogP contribution in [0.4, 0.5) is 5.82 Å². The molecule has 1 heterocycles. The molecule has 1 aromatic heterocycles. The number of nitrogens with two attached hydrogens (primary N) is 1. The maximum Gasteiger partial charge on any atom is 0.149 e. The quantitative estimate of drug-likeness (QED) is 0.719. The summed E-state index contributed by atoms with van der Waals surface area (Å²) in [4.78, 5) is 0. The van der Waals surface area contributed by atoms with E-state index in [1.165, 1.54) is 34.9 Å². The lowest BCUT2D eigenvalue weighted by atomic mass is 9.97. The Kier molecular flexibility index (Phi) is 3.00. The van der Waals surface area contributed by atoms with Crippen molar-refractivity contribution in [3.63, 3.8) is 0 Å². The Hall–Kier alpha value is -1.81. The van der Waals surface area contributed by atoms with Crippen molar-refractivity contribution in [2.45, 2.75) is 25.7 Å². The molecule has 106 valence electrons. The van der Waals surface area contributed by atoms with Crippen LogP contribution in [0.25, 0.3) is 16.5 Å². The molecule has 0 unspecified atom stereocenters. The first-order valence-corrected chi connectivity index (χ1v) is 8.07. The highest BCUT2D eigenvalue weighted by molar-refractivity contribution is 9.10.